The number of oxazole rings is 1. The number of halogens is 1. The zero-order valence-corrected chi connectivity index (χ0v) is 21.0. The van der Waals surface area contributed by atoms with Crippen molar-refractivity contribution in [2.75, 3.05) is 13.7 Å². The number of benzene rings is 1. The number of nitrogens with one attached hydrogen (secondary N) is 2. The molecule has 0 amide bonds. The Kier molecular flexibility index (Phi) is 9.29. The first-order valence-electron chi connectivity index (χ1n) is 10.0. The van der Waals surface area contributed by atoms with Crippen molar-refractivity contribution in [2.45, 2.75) is 40.8 Å². The summed E-state index contributed by atoms with van der Waals surface area (Å²) in [6.07, 6.45) is 3.48. The van der Waals surface area contributed by atoms with Crippen molar-refractivity contribution in [1.82, 2.24) is 20.6 Å². The summed E-state index contributed by atoms with van der Waals surface area (Å²) >= 11 is 0. The van der Waals surface area contributed by atoms with Crippen molar-refractivity contribution >= 4 is 29.9 Å². The Balaban J connectivity index is 0.00000341. The van der Waals surface area contributed by atoms with Crippen LogP contribution in [0.3, 0.4) is 0 Å². The lowest BCUT2D eigenvalue weighted by Gasteiger charge is -2.14. The summed E-state index contributed by atoms with van der Waals surface area (Å²) < 4.78 is 11.1. The summed E-state index contributed by atoms with van der Waals surface area (Å²) in [7, 11) is 1.68. The summed E-state index contributed by atoms with van der Waals surface area (Å²) in [6, 6.07) is 8.09. The van der Waals surface area contributed by atoms with Crippen molar-refractivity contribution in [3.63, 3.8) is 0 Å². The summed E-state index contributed by atoms with van der Waals surface area (Å²) in [5.74, 6) is 2.16. The predicted molar refractivity (Wildman–Crippen MR) is 134 cm³/mol. The maximum Gasteiger partial charge on any atom is 0.226 e. The zero-order valence-electron chi connectivity index (χ0n) is 18.7. The third kappa shape index (κ3) is 6.43. The van der Waals surface area contributed by atoms with E-state index in [-0.39, 0.29) is 24.0 Å². The summed E-state index contributed by atoms with van der Waals surface area (Å²) in [6.45, 7) is 9.80. The highest BCUT2D eigenvalue weighted by atomic mass is 127. The number of ether oxygens (including phenoxy) is 1. The van der Waals surface area contributed by atoms with Crippen LogP contribution in [0.1, 0.15) is 35.0 Å². The van der Waals surface area contributed by atoms with E-state index in [1.807, 2.05) is 51.2 Å². The molecule has 0 fully saturated rings. The Bertz CT molecular complexity index is 1020. The quantitative estimate of drug-likeness (QED) is 0.263. The van der Waals surface area contributed by atoms with Gasteiger partial charge in [-0.2, -0.15) is 0 Å². The fourth-order valence-electron chi connectivity index (χ4n) is 3.13. The Morgan fingerprint density at radius 1 is 1.13 bits per heavy atom. The highest BCUT2D eigenvalue weighted by molar-refractivity contribution is 14.0. The molecule has 0 aliphatic rings. The van der Waals surface area contributed by atoms with Gasteiger partial charge in [0.25, 0.3) is 0 Å². The van der Waals surface area contributed by atoms with E-state index in [2.05, 4.69) is 32.5 Å². The Morgan fingerprint density at radius 2 is 1.87 bits per heavy atom. The van der Waals surface area contributed by atoms with Crippen LogP contribution in [0.15, 0.2) is 46.1 Å². The number of methoxy groups -OCH3 is 1. The second kappa shape index (κ2) is 11.7. The first-order valence-corrected chi connectivity index (χ1v) is 10.0. The number of guanidine groups is 1. The molecule has 0 aliphatic heterocycles. The average molecular weight is 535 g/mol. The Morgan fingerprint density at radius 3 is 2.55 bits per heavy atom. The minimum Gasteiger partial charge on any atom is -0.496 e. The van der Waals surface area contributed by atoms with Crippen molar-refractivity contribution in [2.24, 2.45) is 4.99 Å². The number of aryl methyl sites for hydroxylation is 2. The van der Waals surface area contributed by atoms with Gasteiger partial charge in [0.05, 0.1) is 25.9 Å². The molecule has 0 spiro atoms. The predicted octanol–water partition coefficient (Wildman–Crippen LogP) is 4.54. The number of aliphatic imine (C=N–C) groups is 1. The topological polar surface area (TPSA) is 84.6 Å². The van der Waals surface area contributed by atoms with Crippen molar-refractivity contribution in [3.05, 3.63) is 64.8 Å². The van der Waals surface area contributed by atoms with Crippen LogP contribution in [-0.4, -0.2) is 29.6 Å². The van der Waals surface area contributed by atoms with Gasteiger partial charge in [-0.25, -0.2) is 9.98 Å². The van der Waals surface area contributed by atoms with Crippen LogP contribution in [0.4, 0.5) is 0 Å². The molecule has 8 heteroatoms. The SMILES string of the molecule is CCNC(=NCc1coc(-c2ccc(C)cc2)n1)NCc1ncc(C)c(OC)c1C.I. The molecule has 7 nitrogen and oxygen atoms in total. The van der Waals surface area contributed by atoms with Gasteiger partial charge in [-0.15, -0.1) is 24.0 Å². The molecule has 0 radical (unpaired) electrons. The van der Waals surface area contributed by atoms with Crippen LogP contribution in [0.2, 0.25) is 0 Å². The van der Waals surface area contributed by atoms with E-state index in [0.29, 0.717) is 24.9 Å². The fourth-order valence-corrected chi connectivity index (χ4v) is 3.13. The first-order chi connectivity index (χ1) is 14.5. The average Bonchev–Trinajstić information content (AvgIpc) is 3.21. The minimum atomic E-state index is 0. The van der Waals surface area contributed by atoms with Gasteiger partial charge in [0.15, 0.2) is 5.96 Å². The third-order valence-electron chi connectivity index (χ3n) is 4.77. The number of nitrogens with zero attached hydrogens (tertiary/aromatic N) is 3. The summed E-state index contributed by atoms with van der Waals surface area (Å²) in [5, 5.41) is 6.57. The van der Waals surface area contributed by atoms with Crippen molar-refractivity contribution in [3.8, 4) is 17.2 Å². The van der Waals surface area contributed by atoms with E-state index in [0.717, 1.165) is 40.4 Å². The molecular weight excluding hydrogens is 505 g/mol. The molecule has 31 heavy (non-hydrogen) atoms. The highest BCUT2D eigenvalue weighted by Gasteiger charge is 2.10. The van der Waals surface area contributed by atoms with Crippen LogP contribution in [0, 0.1) is 20.8 Å². The molecule has 3 aromatic rings. The Hall–Kier alpha value is -2.62. The third-order valence-corrected chi connectivity index (χ3v) is 4.77. The molecule has 2 heterocycles. The lowest BCUT2D eigenvalue weighted by molar-refractivity contribution is 0.406. The van der Waals surface area contributed by atoms with E-state index in [9.17, 15) is 0 Å². The normalized spacial score (nSPS) is 11.1. The molecule has 0 aliphatic carbocycles. The van der Waals surface area contributed by atoms with Crippen LogP contribution >= 0.6 is 24.0 Å². The molecule has 3 rings (SSSR count). The lowest BCUT2D eigenvalue weighted by atomic mass is 10.1. The smallest absolute Gasteiger partial charge is 0.226 e. The number of pyridine rings is 1. The minimum absolute atomic E-state index is 0. The lowest BCUT2D eigenvalue weighted by Crippen LogP contribution is -2.37. The van der Waals surface area contributed by atoms with Crippen LogP contribution in [0.25, 0.3) is 11.5 Å². The van der Waals surface area contributed by atoms with Crippen LogP contribution in [-0.2, 0) is 13.1 Å². The molecule has 0 saturated heterocycles. The summed E-state index contributed by atoms with van der Waals surface area (Å²) in [4.78, 5) is 13.7. The van der Waals surface area contributed by atoms with E-state index in [1.165, 1.54) is 5.56 Å². The monoisotopic (exact) mass is 535 g/mol. The van der Waals surface area contributed by atoms with Gasteiger partial charge in [0, 0.05) is 29.4 Å². The number of aromatic nitrogens is 2. The molecule has 0 unspecified atom stereocenters. The van der Waals surface area contributed by atoms with Crippen molar-refractivity contribution in [1.29, 1.82) is 0 Å². The van der Waals surface area contributed by atoms with E-state index in [4.69, 9.17) is 9.15 Å². The number of hydrogen-bond acceptors (Lipinski definition) is 5. The molecule has 166 valence electrons. The molecule has 0 bridgehead atoms. The van der Waals surface area contributed by atoms with Crippen molar-refractivity contribution < 1.29 is 9.15 Å². The Labute approximate surface area is 200 Å². The first kappa shape index (κ1) is 24.6. The number of hydrogen-bond donors (Lipinski definition) is 2. The van der Waals surface area contributed by atoms with Gasteiger partial charge in [-0.1, -0.05) is 17.7 Å². The van der Waals surface area contributed by atoms with E-state index in [1.54, 1.807) is 13.4 Å². The standard InChI is InChI=1S/C23H29N5O2.HI/c1-6-24-23(27-13-20-17(4)21(29-5)16(3)11-25-20)26-12-19-14-30-22(28-19)18-9-7-15(2)8-10-18;/h7-11,14H,6,12-13H2,1-5H3,(H2,24,26,27);1H. The second-order valence-corrected chi connectivity index (χ2v) is 7.10. The number of rotatable bonds is 7. The molecular formula is C23H30IN5O2. The second-order valence-electron chi connectivity index (χ2n) is 7.10. The fraction of sp³-hybridized carbons (Fsp3) is 0.348. The van der Waals surface area contributed by atoms with E-state index >= 15 is 0 Å². The van der Waals surface area contributed by atoms with Gasteiger partial charge in [0.2, 0.25) is 5.89 Å². The molecule has 1 aromatic carbocycles. The van der Waals surface area contributed by atoms with Gasteiger partial charge >= 0.3 is 0 Å². The van der Waals surface area contributed by atoms with Gasteiger partial charge in [0.1, 0.15) is 17.7 Å². The van der Waals surface area contributed by atoms with Crippen LogP contribution < -0.4 is 15.4 Å². The van der Waals surface area contributed by atoms with Crippen LogP contribution in [0.5, 0.6) is 5.75 Å². The maximum absolute atomic E-state index is 5.62. The largest absolute Gasteiger partial charge is 0.496 e. The van der Waals surface area contributed by atoms with Gasteiger partial charge in [-0.05, 0) is 39.8 Å². The summed E-state index contributed by atoms with van der Waals surface area (Å²) in [5.41, 5.74) is 5.90. The van der Waals surface area contributed by atoms with E-state index < -0.39 is 0 Å². The molecule has 0 saturated carbocycles. The molecule has 2 N–H and O–H groups in total. The maximum atomic E-state index is 5.62. The van der Waals surface area contributed by atoms with Gasteiger partial charge < -0.3 is 19.8 Å². The molecule has 2 aromatic heterocycles. The zero-order chi connectivity index (χ0) is 21.5. The highest BCUT2D eigenvalue weighted by Crippen LogP contribution is 2.23. The van der Waals surface area contributed by atoms with Gasteiger partial charge in [-0.3, -0.25) is 4.98 Å². The molecule has 0 atom stereocenters.